The predicted molar refractivity (Wildman–Crippen MR) is 76.3 cm³/mol. The van der Waals surface area contributed by atoms with Gasteiger partial charge in [0.1, 0.15) is 0 Å². The molecule has 94 valence electrons. The lowest BCUT2D eigenvalue weighted by Gasteiger charge is -2.10. The van der Waals surface area contributed by atoms with Crippen LogP contribution in [0.15, 0.2) is 40.9 Å². The Kier molecular flexibility index (Phi) is 3.99. The first-order valence-corrected chi connectivity index (χ1v) is 6.44. The van der Waals surface area contributed by atoms with E-state index in [9.17, 15) is 10.2 Å². The highest BCUT2D eigenvalue weighted by Crippen LogP contribution is 2.30. The fourth-order valence-electron chi connectivity index (χ4n) is 1.54. The van der Waals surface area contributed by atoms with Crippen LogP contribution in [0.25, 0.3) is 0 Å². The van der Waals surface area contributed by atoms with Gasteiger partial charge < -0.3 is 15.5 Å². The third-order valence-corrected chi connectivity index (χ3v) is 3.42. The minimum atomic E-state index is -0.126. The van der Waals surface area contributed by atoms with Gasteiger partial charge in [0, 0.05) is 21.6 Å². The van der Waals surface area contributed by atoms with Gasteiger partial charge in [-0.3, -0.25) is 0 Å². The number of anilines is 1. The maximum Gasteiger partial charge on any atom is 0.162 e. The average molecular weight is 329 g/mol. The number of aromatic hydroxyl groups is 2. The van der Waals surface area contributed by atoms with E-state index >= 15 is 0 Å². The summed E-state index contributed by atoms with van der Waals surface area (Å²) in [5.74, 6) is -0.234. The lowest BCUT2D eigenvalue weighted by molar-refractivity contribution is 0.400. The van der Waals surface area contributed by atoms with Crippen molar-refractivity contribution in [3.63, 3.8) is 0 Å². The molecular weight excluding hydrogens is 318 g/mol. The molecule has 0 saturated heterocycles. The van der Waals surface area contributed by atoms with Crippen LogP contribution < -0.4 is 5.32 Å². The molecule has 0 heterocycles. The fourth-order valence-corrected chi connectivity index (χ4v) is 2.10. The van der Waals surface area contributed by atoms with E-state index in [1.807, 2.05) is 6.07 Å². The maximum atomic E-state index is 9.67. The van der Waals surface area contributed by atoms with Gasteiger partial charge in [-0.1, -0.05) is 23.7 Å². The summed E-state index contributed by atoms with van der Waals surface area (Å²) in [6.07, 6.45) is 0. The van der Waals surface area contributed by atoms with Gasteiger partial charge in [0.2, 0.25) is 0 Å². The van der Waals surface area contributed by atoms with Crippen molar-refractivity contribution in [3.05, 3.63) is 51.5 Å². The fraction of sp³-hybridized carbons (Fsp3) is 0.0769. The molecular formula is C13H11BrClNO2. The second-order valence-electron chi connectivity index (χ2n) is 3.76. The van der Waals surface area contributed by atoms with Gasteiger partial charge in [-0.2, -0.15) is 0 Å². The number of benzene rings is 2. The smallest absolute Gasteiger partial charge is 0.162 e. The Balaban J connectivity index is 2.16. The third-order valence-electron chi connectivity index (χ3n) is 2.50. The molecule has 0 aliphatic heterocycles. The molecule has 0 fully saturated rings. The summed E-state index contributed by atoms with van der Waals surface area (Å²) in [4.78, 5) is 0. The summed E-state index contributed by atoms with van der Waals surface area (Å²) < 4.78 is 0.881. The van der Waals surface area contributed by atoms with Crippen LogP contribution in [0.5, 0.6) is 11.5 Å². The quantitative estimate of drug-likeness (QED) is 0.743. The Morgan fingerprint density at radius 2 is 1.94 bits per heavy atom. The molecule has 2 rings (SSSR count). The second-order valence-corrected chi connectivity index (χ2v) is 5.05. The first kappa shape index (κ1) is 13.1. The zero-order valence-corrected chi connectivity index (χ0v) is 11.7. The number of halogens is 2. The topological polar surface area (TPSA) is 52.5 Å². The molecule has 5 heteroatoms. The highest BCUT2D eigenvalue weighted by Gasteiger charge is 2.06. The highest BCUT2D eigenvalue weighted by atomic mass is 79.9. The van der Waals surface area contributed by atoms with Gasteiger partial charge in [-0.05, 0) is 40.2 Å². The van der Waals surface area contributed by atoms with Gasteiger partial charge in [0.05, 0.1) is 5.69 Å². The Morgan fingerprint density at radius 3 is 2.72 bits per heavy atom. The van der Waals surface area contributed by atoms with E-state index < -0.39 is 0 Å². The Labute approximate surface area is 118 Å². The van der Waals surface area contributed by atoms with E-state index in [2.05, 4.69) is 21.2 Å². The van der Waals surface area contributed by atoms with Crippen molar-refractivity contribution in [3.8, 4) is 11.5 Å². The zero-order chi connectivity index (χ0) is 13.1. The van der Waals surface area contributed by atoms with Crippen molar-refractivity contribution in [2.45, 2.75) is 6.54 Å². The summed E-state index contributed by atoms with van der Waals surface area (Å²) in [5, 5.41) is 22.8. The lowest BCUT2D eigenvalue weighted by atomic mass is 10.2. The Bertz CT molecular complexity index is 573. The van der Waals surface area contributed by atoms with Crippen molar-refractivity contribution in [2.24, 2.45) is 0 Å². The molecule has 0 bridgehead atoms. The Hall–Kier alpha value is -1.39. The molecule has 2 aromatic rings. The second kappa shape index (κ2) is 5.50. The number of hydrogen-bond donors (Lipinski definition) is 3. The number of phenols is 2. The lowest BCUT2D eigenvalue weighted by Crippen LogP contribution is -2.00. The average Bonchev–Trinajstić information content (AvgIpc) is 2.35. The summed E-state index contributed by atoms with van der Waals surface area (Å²) in [6.45, 7) is 0.388. The van der Waals surface area contributed by atoms with E-state index in [1.165, 1.54) is 6.07 Å². The van der Waals surface area contributed by atoms with Crippen LogP contribution in [0.2, 0.25) is 5.02 Å². The van der Waals surface area contributed by atoms with Gasteiger partial charge in [0.25, 0.3) is 0 Å². The van der Waals surface area contributed by atoms with E-state index in [0.29, 0.717) is 17.1 Å². The van der Waals surface area contributed by atoms with Crippen molar-refractivity contribution >= 4 is 33.2 Å². The van der Waals surface area contributed by atoms with Crippen LogP contribution >= 0.6 is 27.5 Å². The monoisotopic (exact) mass is 327 g/mol. The van der Waals surface area contributed by atoms with Crippen LogP contribution in [0.3, 0.4) is 0 Å². The molecule has 18 heavy (non-hydrogen) atoms. The summed E-state index contributed by atoms with van der Waals surface area (Å²) in [6, 6.07) is 10.3. The molecule has 0 aromatic heterocycles. The first-order valence-electron chi connectivity index (χ1n) is 5.26. The normalized spacial score (nSPS) is 10.3. The Morgan fingerprint density at radius 1 is 1.17 bits per heavy atom. The molecule has 2 aromatic carbocycles. The van der Waals surface area contributed by atoms with Crippen molar-refractivity contribution in [2.75, 3.05) is 5.32 Å². The minimum absolute atomic E-state index is 0.108. The van der Waals surface area contributed by atoms with E-state index in [4.69, 9.17) is 11.6 Å². The molecule has 0 spiro atoms. The summed E-state index contributed by atoms with van der Waals surface area (Å²) in [5.41, 5.74) is 1.44. The van der Waals surface area contributed by atoms with E-state index in [-0.39, 0.29) is 11.5 Å². The molecule has 0 aliphatic rings. The molecule has 0 unspecified atom stereocenters. The maximum absolute atomic E-state index is 9.67. The van der Waals surface area contributed by atoms with Crippen LogP contribution in [0.1, 0.15) is 5.56 Å². The van der Waals surface area contributed by atoms with Gasteiger partial charge >= 0.3 is 0 Å². The number of phenolic OH excluding ortho intramolecular Hbond substituents is 2. The van der Waals surface area contributed by atoms with Gasteiger partial charge in [-0.15, -0.1) is 0 Å². The number of nitrogens with one attached hydrogen (secondary N) is 1. The van der Waals surface area contributed by atoms with Gasteiger partial charge in [0.15, 0.2) is 11.5 Å². The van der Waals surface area contributed by atoms with Crippen molar-refractivity contribution in [1.82, 2.24) is 0 Å². The van der Waals surface area contributed by atoms with Gasteiger partial charge in [-0.25, -0.2) is 0 Å². The van der Waals surface area contributed by atoms with Crippen LogP contribution in [0, 0.1) is 0 Å². The molecule has 3 N–H and O–H groups in total. The highest BCUT2D eigenvalue weighted by molar-refractivity contribution is 9.10. The number of para-hydroxylation sites is 1. The standard InChI is InChI=1S/C13H11BrClNO2/c14-10-5-4-9(15)6-11(10)16-7-8-2-1-3-12(17)13(8)18/h1-6,16-18H,7H2. The van der Waals surface area contributed by atoms with Crippen LogP contribution in [-0.4, -0.2) is 10.2 Å². The molecule has 0 aliphatic carbocycles. The van der Waals surface area contributed by atoms with E-state index in [0.717, 1.165) is 10.2 Å². The van der Waals surface area contributed by atoms with Crippen molar-refractivity contribution < 1.29 is 10.2 Å². The SMILES string of the molecule is Oc1cccc(CNc2cc(Cl)ccc2Br)c1O. The molecule has 0 saturated carbocycles. The minimum Gasteiger partial charge on any atom is -0.504 e. The molecule has 0 radical (unpaired) electrons. The van der Waals surface area contributed by atoms with Crippen molar-refractivity contribution in [1.29, 1.82) is 0 Å². The zero-order valence-electron chi connectivity index (χ0n) is 9.32. The predicted octanol–water partition coefficient (Wildman–Crippen LogP) is 4.13. The van der Waals surface area contributed by atoms with Crippen LogP contribution in [0.4, 0.5) is 5.69 Å². The summed E-state index contributed by atoms with van der Waals surface area (Å²) in [7, 11) is 0. The number of rotatable bonds is 3. The number of hydrogen-bond acceptors (Lipinski definition) is 3. The molecule has 0 atom stereocenters. The van der Waals surface area contributed by atoms with Crippen LogP contribution in [-0.2, 0) is 6.54 Å². The first-order chi connectivity index (χ1) is 8.58. The largest absolute Gasteiger partial charge is 0.504 e. The van der Waals surface area contributed by atoms with E-state index in [1.54, 1.807) is 24.3 Å². The summed E-state index contributed by atoms with van der Waals surface area (Å²) >= 11 is 9.31. The molecule has 3 nitrogen and oxygen atoms in total. The third kappa shape index (κ3) is 2.89. The molecule has 0 amide bonds.